The van der Waals surface area contributed by atoms with Crippen molar-refractivity contribution in [2.24, 2.45) is 0 Å². The molecule has 0 spiro atoms. The van der Waals surface area contributed by atoms with Gasteiger partial charge in [0.15, 0.2) is 0 Å². The summed E-state index contributed by atoms with van der Waals surface area (Å²) in [5, 5.41) is 12.5. The Labute approximate surface area is 77.8 Å². The van der Waals surface area contributed by atoms with Crippen LogP contribution in [0.2, 0.25) is 0 Å². The average molecular weight is 179 g/mol. The van der Waals surface area contributed by atoms with Gasteiger partial charge in [0, 0.05) is 6.54 Å². The van der Waals surface area contributed by atoms with Crippen LogP contribution in [0.15, 0.2) is 22.8 Å². The Bertz CT molecular complexity index is 274. The molecule has 2 N–H and O–H groups in total. The van der Waals surface area contributed by atoms with Gasteiger partial charge in [0.1, 0.15) is 11.9 Å². The molecule has 1 rings (SSSR count). The number of aliphatic hydroxyl groups excluding tert-OH is 1. The number of nitrogens with one attached hydrogen (secondary N) is 1. The molecule has 0 fully saturated rings. The summed E-state index contributed by atoms with van der Waals surface area (Å²) in [6.45, 7) is 2.26. The van der Waals surface area contributed by atoms with E-state index >= 15 is 0 Å². The van der Waals surface area contributed by atoms with Crippen LogP contribution in [0.25, 0.3) is 0 Å². The summed E-state index contributed by atoms with van der Waals surface area (Å²) in [6, 6.07) is 3.43. The van der Waals surface area contributed by atoms with E-state index in [0.29, 0.717) is 12.3 Å². The largest absolute Gasteiger partial charge is 0.467 e. The molecule has 1 heterocycles. The zero-order valence-corrected chi connectivity index (χ0v) is 7.53. The molecule has 2 unspecified atom stereocenters. The Morgan fingerprint density at radius 3 is 3.08 bits per heavy atom. The molecule has 1 aromatic rings. The van der Waals surface area contributed by atoms with E-state index in [1.54, 1.807) is 12.1 Å². The van der Waals surface area contributed by atoms with Gasteiger partial charge in [-0.25, -0.2) is 0 Å². The van der Waals surface area contributed by atoms with Crippen LogP contribution in [-0.4, -0.2) is 17.7 Å². The van der Waals surface area contributed by atoms with Gasteiger partial charge in [-0.1, -0.05) is 5.92 Å². The summed E-state index contributed by atoms with van der Waals surface area (Å²) in [6.07, 6.45) is 6.06. The summed E-state index contributed by atoms with van der Waals surface area (Å²) in [5.41, 5.74) is 0. The van der Waals surface area contributed by atoms with Gasteiger partial charge < -0.3 is 14.8 Å². The van der Waals surface area contributed by atoms with Crippen LogP contribution in [0.3, 0.4) is 0 Å². The van der Waals surface area contributed by atoms with Gasteiger partial charge in [-0.15, -0.1) is 6.42 Å². The van der Waals surface area contributed by atoms with Crippen LogP contribution in [0.5, 0.6) is 0 Å². The Kier molecular flexibility index (Phi) is 3.56. The number of rotatable bonds is 4. The lowest BCUT2D eigenvalue weighted by Crippen LogP contribution is -2.28. The van der Waals surface area contributed by atoms with Gasteiger partial charge in [-0.3, -0.25) is 0 Å². The minimum atomic E-state index is -0.634. The molecule has 0 bridgehead atoms. The number of hydrogen-bond acceptors (Lipinski definition) is 3. The van der Waals surface area contributed by atoms with Gasteiger partial charge in [-0.2, -0.15) is 0 Å². The van der Waals surface area contributed by atoms with Crippen molar-refractivity contribution in [2.75, 3.05) is 6.54 Å². The number of furan rings is 1. The molecule has 0 aliphatic rings. The summed E-state index contributed by atoms with van der Waals surface area (Å²) < 4.78 is 5.02. The normalized spacial score (nSPS) is 14.8. The van der Waals surface area contributed by atoms with Crippen molar-refractivity contribution in [2.45, 2.75) is 19.1 Å². The second-order valence-corrected chi connectivity index (χ2v) is 2.83. The Morgan fingerprint density at radius 2 is 2.54 bits per heavy atom. The molecule has 3 nitrogen and oxygen atoms in total. The van der Waals surface area contributed by atoms with Crippen LogP contribution in [0.1, 0.15) is 18.8 Å². The van der Waals surface area contributed by atoms with Crippen LogP contribution in [0.4, 0.5) is 0 Å². The fraction of sp³-hybridized carbons (Fsp3) is 0.400. The van der Waals surface area contributed by atoms with Crippen LogP contribution in [-0.2, 0) is 0 Å². The zero-order chi connectivity index (χ0) is 9.68. The quantitative estimate of drug-likeness (QED) is 0.676. The second-order valence-electron chi connectivity index (χ2n) is 2.83. The molecule has 1 aromatic heterocycles. The van der Waals surface area contributed by atoms with Gasteiger partial charge >= 0.3 is 0 Å². The molecule has 13 heavy (non-hydrogen) atoms. The highest BCUT2D eigenvalue weighted by Gasteiger charge is 2.10. The van der Waals surface area contributed by atoms with Crippen molar-refractivity contribution < 1.29 is 9.52 Å². The molecule has 0 aliphatic carbocycles. The van der Waals surface area contributed by atoms with Crippen LogP contribution >= 0.6 is 0 Å². The van der Waals surface area contributed by atoms with Crippen molar-refractivity contribution >= 4 is 0 Å². The highest BCUT2D eigenvalue weighted by atomic mass is 16.4. The molecule has 0 saturated carbocycles. The average Bonchev–Trinajstić information content (AvgIpc) is 2.66. The van der Waals surface area contributed by atoms with Crippen molar-refractivity contribution in [1.29, 1.82) is 0 Å². The highest BCUT2D eigenvalue weighted by Crippen LogP contribution is 2.11. The molecule has 70 valence electrons. The maximum absolute atomic E-state index is 9.53. The number of aliphatic hydroxyl groups is 1. The third kappa shape index (κ3) is 2.94. The SMILES string of the molecule is C#CC(C)NCC(O)c1ccco1. The minimum absolute atomic E-state index is 0.0374. The minimum Gasteiger partial charge on any atom is -0.467 e. The van der Waals surface area contributed by atoms with Crippen molar-refractivity contribution in [1.82, 2.24) is 5.32 Å². The molecular formula is C10H13NO2. The second kappa shape index (κ2) is 4.70. The van der Waals surface area contributed by atoms with E-state index in [4.69, 9.17) is 10.8 Å². The molecular weight excluding hydrogens is 166 g/mol. The molecule has 0 aliphatic heterocycles. The smallest absolute Gasteiger partial charge is 0.133 e. The lowest BCUT2D eigenvalue weighted by molar-refractivity contribution is 0.146. The van der Waals surface area contributed by atoms with Crippen molar-refractivity contribution in [3.8, 4) is 12.3 Å². The predicted molar refractivity (Wildman–Crippen MR) is 50.0 cm³/mol. The summed E-state index contributed by atoms with van der Waals surface area (Å²) in [7, 11) is 0. The van der Waals surface area contributed by atoms with Crippen LogP contribution < -0.4 is 5.32 Å². The number of terminal acetylenes is 1. The molecule has 3 heteroatoms. The lowest BCUT2D eigenvalue weighted by atomic mass is 10.2. The summed E-state index contributed by atoms with van der Waals surface area (Å²) in [5.74, 6) is 3.07. The van der Waals surface area contributed by atoms with Gasteiger partial charge in [0.2, 0.25) is 0 Å². The molecule has 0 aromatic carbocycles. The zero-order valence-electron chi connectivity index (χ0n) is 7.53. The molecule has 2 atom stereocenters. The van der Waals surface area contributed by atoms with E-state index < -0.39 is 6.10 Å². The first-order valence-electron chi connectivity index (χ1n) is 4.15. The standard InChI is InChI=1S/C10H13NO2/c1-3-8(2)11-7-9(12)10-5-4-6-13-10/h1,4-6,8-9,11-12H,7H2,2H3. The van der Waals surface area contributed by atoms with E-state index in [2.05, 4.69) is 11.2 Å². The van der Waals surface area contributed by atoms with Crippen molar-refractivity contribution in [3.05, 3.63) is 24.2 Å². The first-order valence-corrected chi connectivity index (χ1v) is 4.15. The fourth-order valence-electron chi connectivity index (χ4n) is 0.929. The first kappa shape index (κ1) is 9.85. The van der Waals surface area contributed by atoms with E-state index in [1.807, 2.05) is 6.92 Å². The van der Waals surface area contributed by atoms with E-state index in [9.17, 15) is 5.11 Å². The summed E-state index contributed by atoms with van der Waals surface area (Å²) in [4.78, 5) is 0. The topological polar surface area (TPSA) is 45.4 Å². The maximum atomic E-state index is 9.53. The Morgan fingerprint density at radius 1 is 1.77 bits per heavy atom. The van der Waals surface area contributed by atoms with E-state index in [-0.39, 0.29) is 6.04 Å². The molecule has 0 radical (unpaired) electrons. The molecule has 0 saturated heterocycles. The van der Waals surface area contributed by atoms with Gasteiger partial charge in [0.05, 0.1) is 12.3 Å². The number of hydrogen-bond donors (Lipinski definition) is 2. The third-order valence-corrected chi connectivity index (χ3v) is 1.74. The third-order valence-electron chi connectivity index (χ3n) is 1.74. The Hall–Kier alpha value is -1.24. The Balaban J connectivity index is 2.35. The highest BCUT2D eigenvalue weighted by molar-refractivity contribution is 5.03. The maximum Gasteiger partial charge on any atom is 0.133 e. The van der Waals surface area contributed by atoms with Crippen molar-refractivity contribution in [3.63, 3.8) is 0 Å². The monoisotopic (exact) mass is 179 g/mol. The van der Waals surface area contributed by atoms with E-state index in [1.165, 1.54) is 6.26 Å². The predicted octanol–water partition coefficient (Wildman–Crippen LogP) is 0.924. The lowest BCUT2D eigenvalue weighted by Gasteiger charge is -2.10. The summed E-state index contributed by atoms with van der Waals surface area (Å²) >= 11 is 0. The van der Waals surface area contributed by atoms with Gasteiger partial charge in [0.25, 0.3) is 0 Å². The first-order chi connectivity index (χ1) is 6.24. The molecule has 0 amide bonds. The fourth-order valence-corrected chi connectivity index (χ4v) is 0.929. The van der Waals surface area contributed by atoms with Crippen LogP contribution in [0, 0.1) is 12.3 Å². The van der Waals surface area contributed by atoms with E-state index in [0.717, 1.165) is 0 Å². The van der Waals surface area contributed by atoms with Gasteiger partial charge in [-0.05, 0) is 19.1 Å².